The minimum absolute atomic E-state index is 0. The third-order valence-electron chi connectivity index (χ3n) is 5.01. The zero-order valence-corrected chi connectivity index (χ0v) is 16.4. The van der Waals surface area contributed by atoms with Crippen molar-refractivity contribution in [2.24, 2.45) is 0 Å². The lowest BCUT2D eigenvalue weighted by atomic mass is 9.98. The predicted octanol–water partition coefficient (Wildman–Crippen LogP) is -0.371. The number of piperidine rings is 1. The molecule has 162 valence electrons. The average molecular weight is 423 g/mol. The second kappa shape index (κ2) is 11.4. The monoisotopic (exact) mass is 423 g/mol. The van der Waals surface area contributed by atoms with Crippen molar-refractivity contribution < 1.29 is 43.1 Å². The number of aliphatic hydroxyl groups is 1. The summed E-state index contributed by atoms with van der Waals surface area (Å²) >= 11 is 0. The van der Waals surface area contributed by atoms with Gasteiger partial charge in [0.2, 0.25) is 0 Å². The van der Waals surface area contributed by atoms with E-state index in [9.17, 15) is 9.90 Å². The van der Waals surface area contributed by atoms with Gasteiger partial charge in [0.25, 0.3) is 0 Å². The van der Waals surface area contributed by atoms with E-state index < -0.39 is 16.3 Å². The SMILES string of the molecule is CN1[C@@H]2CC[C@H]1CC(OC(=O)[C@H](CO)c1ccccc1)C2.O.O.O=S(=O)(O)O. The first-order valence-corrected chi connectivity index (χ1v) is 9.87. The average Bonchev–Trinajstić information content (AvgIpc) is 2.77. The molecule has 1 aromatic carbocycles. The number of carbonyl (C=O) groups is 1. The van der Waals surface area contributed by atoms with E-state index in [0.29, 0.717) is 12.1 Å². The maximum absolute atomic E-state index is 12.4. The number of fused-ring (bicyclic) bond motifs is 2. The summed E-state index contributed by atoms with van der Waals surface area (Å²) in [6.07, 6.45) is 4.26. The van der Waals surface area contributed by atoms with Crippen LogP contribution >= 0.6 is 0 Å². The van der Waals surface area contributed by atoms with Crippen LogP contribution in [0.1, 0.15) is 37.2 Å². The summed E-state index contributed by atoms with van der Waals surface area (Å²) in [6, 6.07) is 10.5. The summed E-state index contributed by atoms with van der Waals surface area (Å²) in [5.74, 6) is -0.860. The van der Waals surface area contributed by atoms with Gasteiger partial charge in [-0.15, -0.1) is 0 Å². The number of esters is 1. The number of hydrogen-bond acceptors (Lipinski definition) is 6. The molecular weight excluding hydrogens is 394 g/mol. The Morgan fingerprint density at radius 2 is 1.61 bits per heavy atom. The zero-order valence-electron chi connectivity index (χ0n) is 15.6. The van der Waals surface area contributed by atoms with Gasteiger partial charge in [-0.1, -0.05) is 30.3 Å². The van der Waals surface area contributed by atoms with E-state index in [-0.39, 0.29) is 29.6 Å². The number of carbonyl (C=O) groups excluding carboxylic acids is 1. The minimum atomic E-state index is -4.67. The van der Waals surface area contributed by atoms with Gasteiger partial charge in [0.05, 0.1) is 6.61 Å². The fourth-order valence-electron chi connectivity index (χ4n) is 3.71. The van der Waals surface area contributed by atoms with Gasteiger partial charge in [-0.25, -0.2) is 0 Å². The minimum Gasteiger partial charge on any atom is -0.462 e. The van der Waals surface area contributed by atoms with Crippen LogP contribution in [0.3, 0.4) is 0 Å². The molecule has 0 aliphatic carbocycles. The molecule has 0 radical (unpaired) electrons. The largest absolute Gasteiger partial charge is 0.462 e. The summed E-state index contributed by atoms with van der Waals surface area (Å²) in [4.78, 5) is 14.8. The second-order valence-electron chi connectivity index (χ2n) is 6.67. The van der Waals surface area contributed by atoms with Crippen molar-refractivity contribution in [3.63, 3.8) is 0 Å². The molecule has 2 saturated heterocycles. The number of ether oxygens (including phenoxy) is 1. The van der Waals surface area contributed by atoms with Crippen LogP contribution in [-0.2, 0) is 19.9 Å². The van der Waals surface area contributed by atoms with Crippen molar-refractivity contribution in [1.82, 2.24) is 4.90 Å². The third kappa shape index (κ3) is 7.80. The quantitative estimate of drug-likeness (QED) is 0.432. The van der Waals surface area contributed by atoms with Crippen LogP contribution in [0.15, 0.2) is 30.3 Å². The van der Waals surface area contributed by atoms with Gasteiger partial charge >= 0.3 is 16.4 Å². The zero-order chi connectivity index (χ0) is 19.3. The Labute approximate surface area is 164 Å². The molecule has 2 bridgehead atoms. The first-order valence-electron chi connectivity index (χ1n) is 8.47. The molecule has 28 heavy (non-hydrogen) atoms. The van der Waals surface area contributed by atoms with Crippen LogP contribution in [0.4, 0.5) is 0 Å². The van der Waals surface area contributed by atoms with Crippen LogP contribution in [0.25, 0.3) is 0 Å². The number of nitrogens with zero attached hydrogens (tertiary/aromatic N) is 1. The van der Waals surface area contributed by atoms with E-state index in [0.717, 1.165) is 18.4 Å². The van der Waals surface area contributed by atoms with E-state index >= 15 is 0 Å². The molecule has 4 atom stereocenters. The van der Waals surface area contributed by atoms with Gasteiger partial charge in [0.15, 0.2) is 0 Å². The van der Waals surface area contributed by atoms with E-state index in [2.05, 4.69) is 11.9 Å². The van der Waals surface area contributed by atoms with Crippen LogP contribution in [0, 0.1) is 0 Å². The lowest BCUT2D eigenvalue weighted by molar-refractivity contribution is -0.155. The number of benzene rings is 1. The van der Waals surface area contributed by atoms with Crippen molar-refractivity contribution in [3.8, 4) is 0 Å². The van der Waals surface area contributed by atoms with Gasteiger partial charge < -0.3 is 25.7 Å². The molecule has 2 aliphatic rings. The summed E-state index contributed by atoms with van der Waals surface area (Å²) in [5.41, 5.74) is 0.820. The summed E-state index contributed by atoms with van der Waals surface area (Å²) in [6.45, 7) is -0.206. The van der Waals surface area contributed by atoms with Crippen LogP contribution in [0.2, 0.25) is 0 Å². The van der Waals surface area contributed by atoms with E-state index in [1.165, 1.54) is 12.8 Å². The lowest BCUT2D eigenvalue weighted by Gasteiger charge is -2.36. The first kappa shape index (κ1) is 26.4. The highest BCUT2D eigenvalue weighted by atomic mass is 32.3. The highest BCUT2D eigenvalue weighted by Crippen LogP contribution is 2.36. The number of aliphatic hydroxyl groups excluding tert-OH is 1. The van der Waals surface area contributed by atoms with Crippen LogP contribution < -0.4 is 0 Å². The van der Waals surface area contributed by atoms with E-state index in [1.807, 2.05) is 30.3 Å². The molecule has 1 unspecified atom stereocenters. The lowest BCUT2D eigenvalue weighted by Crippen LogP contribution is -2.43. The van der Waals surface area contributed by atoms with E-state index in [1.54, 1.807) is 0 Å². The Kier molecular flexibility index (Phi) is 10.8. The highest BCUT2D eigenvalue weighted by Gasteiger charge is 2.40. The van der Waals surface area contributed by atoms with E-state index in [4.69, 9.17) is 22.3 Å². The number of rotatable bonds is 4. The second-order valence-corrected chi connectivity index (χ2v) is 7.57. The highest BCUT2D eigenvalue weighted by molar-refractivity contribution is 7.79. The molecule has 2 aliphatic heterocycles. The molecule has 0 aromatic heterocycles. The summed E-state index contributed by atoms with van der Waals surface area (Å²) in [5, 5.41) is 9.53. The molecule has 11 heteroatoms. The Bertz CT molecular complexity index is 676. The topological polar surface area (TPSA) is 187 Å². The summed E-state index contributed by atoms with van der Waals surface area (Å²) < 4.78 is 37.3. The number of hydrogen-bond donors (Lipinski definition) is 3. The molecule has 0 amide bonds. The standard InChI is InChI=1S/C17H23NO3.H2O4S.2H2O/c1-18-13-7-8-14(18)10-15(9-13)21-17(20)16(11-19)12-5-3-2-4-6-12;1-5(2,3)4;;/h2-6,13-16,19H,7-11H2,1H3;(H2,1,2,3,4);2*1H2/t13-,14+,15?,16-;;;/m1.../s1. The van der Waals surface area contributed by atoms with Crippen LogP contribution in [0.5, 0.6) is 0 Å². The fourth-order valence-corrected chi connectivity index (χ4v) is 3.71. The Balaban J connectivity index is 0.000000934. The van der Waals surface area contributed by atoms with Crippen molar-refractivity contribution in [1.29, 1.82) is 0 Å². The normalized spacial score (nSPS) is 24.6. The van der Waals surface area contributed by atoms with Crippen molar-refractivity contribution in [2.45, 2.75) is 49.8 Å². The Hall–Kier alpha value is -1.60. The van der Waals surface area contributed by atoms with Gasteiger partial charge in [0, 0.05) is 12.1 Å². The molecular formula is C17H29NO9S. The Morgan fingerprint density at radius 1 is 1.14 bits per heavy atom. The molecule has 7 N–H and O–H groups in total. The van der Waals surface area contributed by atoms with Crippen LogP contribution in [-0.4, -0.2) is 76.3 Å². The predicted molar refractivity (Wildman–Crippen MR) is 101 cm³/mol. The molecule has 2 heterocycles. The molecule has 0 saturated carbocycles. The maximum atomic E-state index is 12.4. The summed E-state index contributed by atoms with van der Waals surface area (Å²) in [7, 11) is -2.50. The molecule has 1 aromatic rings. The first-order chi connectivity index (χ1) is 12.2. The van der Waals surface area contributed by atoms with Crippen molar-refractivity contribution in [2.75, 3.05) is 13.7 Å². The van der Waals surface area contributed by atoms with Gasteiger partial charge in [-0.2, -0.15) is 8.42 Å². The van der Waals surface area contributed by atoms with Crippen molar-refractivity contribution >= 4 is 16.4 Å². The molecule has 0 spiro atoms. The molecule has 2 fully saturated rings. The van der Waals surface area contributed by atoms with Gasteiger partial charge in [-0.05, 0) is 38.3 Å². The van der Waals surface area contributed by atoms with Gasteiger partial charge in [-0.3, -0.25) is 13.9 Å². The maximum Gasteiger partial charge on any atom is 0.394 e. The fraction of sp³-hybridized carbons (Fsp3) is 0.588. The molecule has 3 rings (SSSR count). The molecule has 10 nitrogen and oxygen atoms in total. The Morgan fingerprint density at radius 3 is 2.04 bits per heavy atom. The smallest absolute Gasteiger partial charge is 0.394 e. The third-order valence-corrected chi connectivity index (χ3v) is 5.01. The van der Waals surface area contributed by atoms with Gasteiger partial charge in [0.1, 0.15) is 12.0 Å². The van der Waals surface area contributed by atoms with Crippen molar-refractivity contribution in [3.05, 3.63) is 35.9 Å².